The lowest BCUT2D eigenvalue weighted by Crippen LogP contribution is -2.30. The monoisotopic (exact) mass is 534 g/mol. The zero-order valence-electron chi connectivity index (χ0n) is 22.2. The predicted molar refractivity (Wildman–Crippen MR) is 158 cm³/mol. The molecule has 0 fully saturated rings. The van der Waals surface area contributed by atoms with Crippen LogP contribution in [0.4, 0.5) is 0 Å². The average molecular weight is 535 g/mol. The standard InChI is InChI=1S/C28H26N8.C2H4O2/c1-7-29-27(30-8-1)19-5-3-17-11-23(35-21(17)13-19)25-15-34-26(16-33-25)24-12-18-4-6-20(14-22(18)36-24)28-31-9-2-10-32-28;1-2(3)4/h3-6,11-16,35-36H,1-2,7-10H2,(H,29,30)(H,31,32);1H3,(H,3,4). The Balaban J connectivity index is 0.000000680. The van der Waals surface area contributed by atoms with Crippen molar-refractivity contribution in [3.8, 4) is 22.8 Å². The number of amidine groups is 2. The first kappa shape index (κ1) is 25.3. The van der Waals surface area contributed by atoms with Gasteiger partial charge in [0, 0.05) is 66.0 Å². The summed E-state index contributed by atoms with van der Waals surface area (Å²) in [5.74, 6) is 1.11. The summed E-state index contributed by atoms with van der Waals surface area (Å²) in [4.78, 5) is 34.7. The number of aliphatic carboxylic acids is 1. The van der Waals surface area contributed by atoms with Crippen molar-refractivity contribution in [2.24, 2.45) is 9.98 Å². The molecular formula is C30H30N8O2. The Morgan fingerprint density at radius 1 is 0.725 bits per heavy atom. The molecule has 0 unspecified atom stereocenters. The minimum Gasteiger partial charge on any atom is -0.481 e. The zero-order valence-corrected chi connectivity index (χ0v) is 22.2. The lowest BCUT2D eigenvalue weighted by molar-refractivity contribution is -0.134. The van der Waals surface area contributed by atoms with Crippen LogP contribution in [0.3, 0.4) is 0 Å². The molecule has 2 aromatic carbocycles. The van der Waals surface area contributed by atoms with Gasteiger partial charge in [-0.2, -0.15) is 0 Å². The number of carboxylic acids is 1. The molecule has 0 saturated carbocycles. The van der Waals surface area contributed by atoms with Gasteiger partial charge in [-0.15, -0.1) is 0 Å². The summed E-state index contributed by atoms with van der Waals surface area (Å²) >= 11 is 0. The summed E-state index contributed by atoms with van der Waals surface area (Å²) in [7, 11) is 0. The van der Waals surface area contributed by atoms with Gasteiger partial charge in [-0.05, 0) is 37.1 Å². The van der Waals surface area contributed by atoms with E-state index in [4.69, 9.17) is 19.9 Å². The van der Waals surface area contributed by atoms with Gasteiger partial charge >= 0.3 is 0 Å². The van der Waals surface area contributed by atoms with Gasteiger partial charge < -0.3 is 25.7 Å². The summed E-state index contributed by atoms with van der Waals surface area (Å²) < 4.78 is 0. The number of aromatic nitrogens is 4. The zero-order chi connectivity index (χ0) is 27.5. The first-order valence-corrected chi connectivity index (χ1v) is 13.4. The molecule has 0 atom stereocenters. The number of aromatic amines is 2. The average Bonchev–Trinajstić information content (AvgIpc) is 3.62. The molecule has 2 aliphatic rings. The van der Waals surface area contributed by atoms with Crippen molar-refractivity contribution in [1.82, 2.24) is 30.6 Å². The highest BCUT2D eigenvalue weighted by Gasteiger charge is 2.13. The Kier molecular flexibility index (Phi) is 6.96. The quantitative estimate of drug-likeness (QED) is 0.232. The lowest BCUT2D eigenvalue weighted by Gasteiger charge is -2.14. The van der Waals surface area contributed by atoms with E-state index in [1.165, 1.54) is 0 Å². The van der Waals surface area contributed by atoms with Crippen LogP contribution in [-0.2, 0) is 4.79 Å². The van der Waals surface area contributed by atoms with Crippen molar-refractivity contribution in [1.29, 1.82) is 0 Å². The highest BCUT2D eigenvalue weighted by molar-refractivity contribution is 6.03. The number of benzene rings is 2. The summed E-state index contributed by atoms with van der Waals surface area (Å²) in [6, 6.07) is 17.0. The molecule has 40 heavy (non-hydrogen) atoms. The largest absolute Gasteiger partial charge is 0.481 e. The molecule has 0 radical (unpaired) electrons. The Labute approximate surface area is 230 Å². The number of rotatable bonds is 4. The van der Waals surface area contributed by atoms with E-state index in [-0.39, 0.29) is 0 Å². The van der Waals surface area contributed by atoms with Crippen LogP contribution in [0.1, 0.15) is 30.9 Å². The van der Waals surface area contributed by atoms with Crippen LogP contribution in [0.5, 0.6) is 0 Å². The number of hydrogen-bond acceptors (Lipinski definition) is 7. The lowest BCUT2D eigenvalue weighted by atomic mass is 10.1. The van der Waals surface area contributed by atoms with Crippen LogP contribution in [0.2, 0.25) is 0 Å². The topological polar surface area (TPSA) is 143 Å². The number of fused-ring (bicyclic) bond motifs is 2. The van der Waals surface area contributed by atoms with E-state index in [1.54, 1.807) is 0 Å². The molecule has 0 amide bonds. The van der Waals surface area contributed by atoms with Crippen LogP contribution < -0.4 is 10.6 Å². The Hall–Kier alpha value is -4.99. The van der Waals surface area contributed by atoms with Crippen molar-refractivity contribution in [2.75, 3.05) is 26.2 Å². The van der Waals surface area contributed by atoms with Crippen molar-refractivity contribution in [2.45, 2.75) is 19.8 Å². The molecule has 3 aromatic heterocycles. The highest BCUT2D eigenvalue weighted by atomic mass is 16.4. The van der Waals surface area contributed by atoms with Crippen molar-refractivity contribution in [3.05, 3.63) is 72.1 Å². The number of H-pyrrole nitrogens is 2. The van der Waals surface area contributed by atoms with Gasteiger partial charge in [0.2, 0.25) is 0 Å². The minimum atomic E-state index is -0.833. The van der Waals surface area contributed by atoms with Gasteiger partial charge in [0.1, 0.15) is 23.1 Å². The smallest absolute Gasteiger partial charge is 0.300 e. The van der Waals surface area contributed by atoms with Crippen LogP contribution in [0, 0.1) is 0 Å². The Morgan fingerprint density at radius 2 is 1.18 bits per heavy atom. The molecule has 0 bridgehead atoms. The maximum Gasteiger partial charge on any atom is 0.300 e. The third kappa shape index (κ3) is 5.42. The first-order chi connectivity index (χ1) is 19.5. The molecule has 5 aromatic rings. The summed E-state index contributed by atoms with van der Waals surface area (Å²) in [6.07, 6.45) is 5.82. The van der Waals surface area contributed by atoms with Crippen molar-refractivity contribution >= 4 is 39.4 Å². The maximum absolute atomic E-state index is 9.00. The van der Waals surface area contributed by atoms with Gasteiger partial charge in [0.15, 0.2) is 0 Å². The number of nitrogens with one attached hydrogen (secondary N) is 4. The Morgan fingerprint density at radius 3 is 1.55 bits per heavy atom. The van der Waals surface area contributed by atoms with Crippen molar-refractivity contribution in [3.63, 3.8) is 0 Å². The van der Waals surface area contributed by atoms with Crippen LogP contribution >= 0.6 is 0 Å². The van der Waals surface area contributed by atoms with E-state index in [1.807, 2.05) is 12.4 Å². The normalized spacial score (nSPS) is 14.9. The van der Waals surface area contributed by atoms with Crippen LogP contribution in [0.15, 0.2) is 70.9 Å². The molecule has 2 aliphatic heterocycles. The van der Waals surface area contributed by atoms with E-state index in [0.717, 1.165) is 113 Å². The molecule has 202 valence electrons. The predicted octanol–water partition coefficient (Wildman–Crippen LogP) is 4.34. The summed E-state index contributed by atoms with van der Waals surface area (Å²) in [5, 5.41) is 16.5. The van der Waals surface area contributed by atoms with Crippen LogP contribution in [-0.4, -0.2) is 68.9 Å². The second-order valence-corrected chi connectivity index (χ2v) is 9.80. The molecule has 0 aliphatic carbocycles. The molecule has 10 heteroatoms. The fraction of sp³-hybridized carbons (Fsp3) is 0.233. The highest BCUT2D eigenvalue weighted by Crippen LogP contribution is 2.27. The molecule has 0 spiro atoms. The van der Waals surface area contributed by atoms with E-state index in [2.05, 4.69) is 79.1 Å². The van der Waals surface area contributed by atoms with Gasteiger partial charge in [0.25, 0.3) is 5.97 Å². The SMILES string of the molecule is CC(=O)O.c1cc2cc(-c3cnc(-c4cc5ccc(C6=NCCCN6)cc5[nH]4)cn3)[nH]c2cc1C1=NCCCN1. The molecular weight excluding hydrogens is 504 g/mol. The second kappa shape index (κ2) is 11.0. The van der Waals surface area contributed by atoms with Gasteiger partial charge in [0.05, 0.1) is 23.8 Å². The maximum atomic E-state index is 9.00. The third-order valence-electron chi connectivity index (χ3n) is 6.79. The Bertz CT molecular complexity index is 1620. The molecule has 10 nitrogen and oxygen atoms in total. The summed E-state index contributed by atoms with van der Waals surface area (Å²) in [5.41, 5.74) is 7.84. The molecule has 0 saturated heterocycles. The van der Waals surface area contributed by atoms with Gasteiger partial charge in [-0.1, -0.05) is 24.3 Å². The van der Waals surface area contributed by atoms with E-state index in [0.29, 0.717) is 0 Å². The van der Waals surface area contributed by atoms with Crippen LogP contribution in [0.25, 0.3) is 44.6 Å². The first-order valence-electron chi connectivity index (χ1n) is 13.4. The third-order valence-corrected chi connectivity index (χ3v) is 6.79. The number of hydrogen-bond donors (Lipinski definition) is 5. The fourth-order valence-electron chi connectivity index (χ4n) is 4.88. The van der Waals surface area contributed by atoms with Crippen molar-refractivity contribution < 1.29 is 9.90 Å². The number of aliphatic imine (C=N–C) groups is 2. The van der Waals surface area contributed by atoms with Gasteiger partial charge in [-0.25, -0.2) is 0 Å². The van der Waals surface area contributed by atoms with E-state index in [9.17, 15) is 0 Å². The number of nitrogens with zero attached hydrogens (tertiary/aromatic N) is 4. The minimum absolute atomic E-state index is 0.810. The second-order valence-electron chi connectivity index (χ2n) is 9.80. The molecule has 5 N–H and O–H groups in total. The fourth-order valence-corrected chi connectivity index (χ4v) is 4.88. The van der Waals surface area contributed by atoms with Gasteiger partial charge in [-0.3, -0.25) is 24.7 Å². The van der Waals surface area contributed by atoms with E-state index >= 15 is 0 Å². The number of carbonyl (C=O) groups is 1. The number of carboxylic acid groups (broad SMARTS) is 1. The molecule has 7 rings (SSSR count). The van der Waals surface area contributed by atoms with E-state index < -0.39 is 5.97 Å². The summed E-state index contributed by atoms with van der Waals surface area (Å²) in [6.45, 7) is 4.78. The molecule has 5 heterocycles.